The van der Waals surface area contributed by atoms with Crippen LogP contribution in [0.5, 0.6) is 5.75 Å². The average molecular weight is 404 g/mol. The number of amides is 1. The van der Waals surface area contributed by atoms with Crippen molar-refractivity contribution >= 4 is 5.91 Å². The van der Waals surface area contributed by atoms with Crippen LogP contribution < -0.4 is 10.1 Å². The van der Waals surface area contributed by atoms with Gasteiger partial charge in [-0.25, -0.2) is 0 Å². The molecular formula is C21H19F3N2O3. The molecule has 3 rings (SSSR count). The Morgan fingerprint density at radius 1 is 1.07 bits per heavy atom. The first kappa shape index (κ1) is 20.5. The first-order valence-electron chi connectivity index (χ1n) is 8.82. The minimum absolute atomic E-state index is 0.0623. The molecule has 0 saturated carbocycles. The van der Waals surface area contributed by atoms with Crippen molar-refractivity contribution in [1.82, 2.24) is 9.88 Å². The van der Waals surface area contributed by atoms with Gasteiger partial charge in [0.2, 0.25) is 0 Å². The number of hydrogen-bond donors (Lipinski definition) is 2. The van der Waals surface area contributed by atoms with Crippen LogP contribution in [0.1, 0.15) is 15.9 Å². The summed E-state index contributed by atoms with van der Waals surface area (Å²) in [5.41, 5.74) is 0.487. The van der Waals surface area contributed by atoms with E-state index >= 15 is 0 Å². The molecule has 29 heavy (non-hydrogen) atoms. The number of ether oxygens (including phenoxy) is 1. The van der Waals surface area contributed by atoms with Crippen LogP contribution in [0.15, 0.2) is 73.1 Å². The molecule has 8 heteroatoms. The Morgan fingerprint density at radius 3 is 2.41 bits per heavy atom. The van der Waals surface area contributed by atoms with Gasteiger partial charge in [-0.3, -0.25) is 4.79 Å². The molecule has 1 heterocycles. The van der Waals surface area contributed by atoms with Gasteiger partial charge in [0.05, 0.1) is 5.56 Å². The molecule has 0 aliphatic carbocycles. The molecule has 0 fully saturated rings. The van der Waals surface area contributed by atoms with E-state index in [4.69, 9.17) is 4.74 Å². The third-order valence-electron chi connectivity index (χ3n) is 4.13. The van der Waals surface area contributed by atoms with Crippen molar-refractivity contribution in [2.75, 3.05) is 13.2 Å². The minimum atomic E-state index is -4.42. The topological polar surface area (TPSA) is 63.5 Å². The van der Waals surface area contributed by atoms with Crippen molar-refractivity contribution in [3.63, 3.8) is 0 Å². The molecule has 0 aliphatic rings. The van der Waals surface area contributed by atoms with Crippen LogP contribution in [0.4, 0.5) is 13.2 Å². The number of nitrogens with one attached hydrogen (secondary N) is 1. The highest BCUT2D eigenvalue weighted by molar-refractivity contribution is 5.94. The number of rotatable bonds is 7. The zero-order valence-corrected chi connectivity index (χ0v) is 15.3. The van der Waals surface area contributed by atoms with E-state index in [1.165, 1.54) is 12.1 Å². The quantitative estimate of drug-likeness (QED) is 0.632. The van der Waals surface area contributed by atoms with Gasteiger partial charge >= 0.3 is 6.18 Å². The lowest BCUT2D eigenvalue weighted by Crippen LogP contribution is -2.35. The van der Waals surface area contributed by atoms with E-state index < -0.39 is 17.8 Å². The lowest BCUT2D eigenvalue weighted by atomic mass is 10.2. The molecule has 0 spiro atoms. The second-order valence-corrected chi connectivity index (χ2v) is 6.34. The largest absolute Gasteiger partial charge is 0.491 e. The van der Waals surface area contributed by atoms with Crippen LogP contribution in [0.2, 0.25) is 0 Å². The molecule has 3 aromatic rings. The second kappa shape index (κ2) is 8.83. The van der Waals surface area contributed by atoms with Gasteiger partial charge in [-0.05, 0) is 54.6 Å². The Bertz CT molecular complexity index is 939. The number of aliphatic hydroxyl groups is 1. The van der Waals surface area contributed by atoms with Crippen molar-refractivity contribution in [1.29, 1.82) is 0 Å². The maximum atomic E-state index is 12.5. The van der Waals surface area contributed by atoms with Crippen molar-refractivity contribution in [3.05, 3.63) is 84.2 Å². The van der Waals surface area contributed by atoms with Gasteiger partial charge in [0.25, 0.3) is 5.91 Å². The normalized spacial score (nSPS) is 12.4. The Hall–Kier alpha value is -3.26. The number of carbonyl (C=O) groups is 1. The monoisotopic (exact) mass is 404 g/mol. The van der Waals surface area contributed by atoms with Crippen LogP contribution in [-0.4, -0.2) is 34.8 Å². The molecule has 0 radical (unpaired) electrons. The SMILES string of the molecule is O=C(NCC(O)COc1ccc(C(F)(F)F)cc1)c1cccc(-n2cccc2)c1. The van der Waals surface area contributed by atoms with E-state index in [-0.39, 0.29) is 24.8 Å². The zero-order valence-electron chi connectivity index (χ0n) is 15.3. The molecule has 0 saturated heterocycles. The molecule has 1 aromatic heterocycles. The smallest absolute Gasteiger partial charge is 0.416 e. The summed E-state index contributed by atoms with van der Waals surface area (Å²) in [4.78, 5) is 12.3. The summed E-state index contributed by atoms with van der Waals surface area (Å²) < 4.78 is 44.7. The summed E-state index contributed by atoms with van der Waals surface area (Å²) in [6.07, 6.45) is -1.71. The standard InChI is InChI=1S/C21H19F3N2O3/c22-21(23,24)16-6-8-19(9-7-16)29-14-18(27)13-25-20(28)15-4-3-5-17(12-15)26-10-1-2-11-26/h1-12,18,27H,13-14H2,(H,25,28). The van der Waals surface area contributed by atoms with Gasteiger partial charge in [0.1, 0.15) is 18.5 Å². The first-order valence-corrected chi connectivity index (χ1v) is 8.82. The van der Waals surface area contributed by atoms with E-state index in [2.05, 4.69) is 5.32 Å². The highest BCUT2D eigenvalue weighted by Gasteiger charge is 2.30. The average Bonchev–Trinajstić information content (AvgIpc) is 3.25. The van der Waals surface area contributed by atoms with Crippen LogP contribution in [0.3, 0.4) is 0 Å². The fourth-order valence-electron chi connectivity index (χ4n) is 2.62. The number of hydrogen-bond acceptors (Lipinski definition) is 3. The third kappa shape index (κ3) is 5.61. The summed E-state index contributed by atoms with van der Waals surface area (Å²) in [6.45, 7) is -0.234. The van der Waals surface area contributed by atoms with Crippen LogP contribution in [0, 0.1) is 0 Å². The number of aliphatic hydroxyl groups excluding tert-OH is 1. The summed E-state index contributed by atoms with van der Waals surface area (Å²) >= 11 is 0. The van der Waals surface area contributed by atoms with Crippen molar-refractivity contribution < 1.29 is 27.8 Å². The first-order chi connectivity index (χ1) is 13.8. The van der Waals surface area contributed by atoms with E-state index in [0.29, 0.717) is 5.56 Å². The molecule has 1 unspecified atom stereocenters. The molecule has 1 atom stereocenters. The van der Waals surface area contributed by atoms with E-state index in [9.17, 15) is 23.1 Å². The number of carbonyl (C=O) groups excluding carboxylic acids is 1. The maximum absolute atomic E-state index is 12.5. The van der Waals surface area contributed by atoms with E-state index in [0.717, 1.165) is 17.8 Å². The molecule has 152 valence electrons. The Labute approximate surface area is 165 Å². The van der Waals surface area contributed by atoms with Crippen LogP contribution in [-0.2, 0) is 6.18 Å². The zero-order chi connectivity index (χ0) is 20.9. The van der Waals surface area contributed by atoms with E-state index in [1.807, 2.05) is 35.2 Å². The summed E-state index contributed by atoms with van der Waals surface area (Å²) in [6, 6.07) is 14.9. The van der Waals surface area contributed by atoms with Gasteiger partial charge in [-0.2, -0.15) is 13.2 Å². The summed E-state index contributed by atoms with van der Waals surface area (Å²) in [5.74, 6) is -0.157. The molecule has 0 aliphatic heterocycles. The predicted octanol–water partition coefficient (Wildman–Crippen LogP) is 3.67. The van der Waals surface area contributed by atoms with E-state index in [1.54, 1.807) is 18.2 Å². The molecule has 2 aromatic carbocycles. The highest BCUT2D eigenvalue weighted by atomic mass is 19.4. The third-order valence-corrected chi connectivity index (χ3v) is 4.13. The molecule has 1 amide bonds. The fraction of sp³-hybridized carbons (Fsp3) is 0.190. The van der Waals surface area contributed by atoms with Crippen molar-refractivity contribution in [2.45, 2.75) is 12.3 Å². The lowest BCUT2D eigenvalue weighted by molar-refractivity contribution is -0.137. The van der Waals surface area contributed by atoms with Crippen LogP contribution >= 0.6 is 0 Å². The minimum Gasteiger partial charge on any atom is -0.491 e. The molecule has 2 N–H and O–H groups in total. The van der Waals surface area contributed by atoms with Gasteiger partial charge < -0.3 is 19.7 Å². The van der Waals surface area contributed by atoms with Crippen molar-refractivity contribution in [2.24, 2.45) is 0 Å². The number of alkyl halides is 3. The maximum Gasteiger partial charge on any atom is 0.416 e. The van der Waals surface area contributed by atoms with Gasteiger partial charge in [-0.1, -0.05) is 6.07 Å². The number of nitrogens with zero attached hydrogens (tertiary/aromatic N) is 1. The van der Waals surface area contributed by atoms with Gasteiger partial charge in [0, 0.05) is 30.2 Å². The predicted molar refractivity (Wildman–Crippen MR) is 101 cm³/mol. The molecule has 5 nitrogen and oxygen atoms in total. The fourth-order valence-corrected chi connectivity index (χ4v) is 2.62. The number of benzene rings is 2. The highest BCUT2D eigenvalue weighted by Crippen LogP contribution is 2.30. The van der Waals surface area contributed by atoms with Gasteiger partial charge in [0.15, 0.2) is 0 Å². The van der Waals surface area contributed by atoms with Gasteiger partial charge in [-0.15, -0.1) is 0 Å². The lowest BCUT2D eigenvalue weighted by Gasteiger charge is -2.14. The Morgan fingerprint density at radius 2 is 1.76 bits per heavy atom. The number of halogens is 3. The Balaban J connectivity index is 1.48. The summed E-state index contributed by atoms with van der Waals surface area (Å²) in [7, 11) is 0. The summed E-state index contributed by atoms with van der Waals surface area (Å²) in [5, 5.41) is 12.6. The molecule has 0 bridgehead atoms. The van der Waals surface area contributed by atoms with Crippen molar-refractivity contribution in [3.8, 4) is 11.4 Å². The Kier molecular flexibility index (Phi) is 6.23. The number of aromatic nitrogens is 1. The molecular weight excluding hydrogens is 385 g/mol. The second-order valence-electron chi connectivity index (χ2n) is 6.34. The van der Waals surface area contributed by atoms with Crippen LogP contribution in [0.25, 0.3) is 5.69 Å².